The second-order valence-corrected chi connectivity index (χ2v) is 12.0. The van der Waals surface area contributed by atoms with E-state index < -0.39 is 21.1 Å². The van der Waals surface area contributed by atoms with Gasteiger partial charge in [0.25, 0.3) is 5.91 Å². The maximum atomic E-state index is 13.6. The number of rotatable bonds is 11. The van der Waals surface area contributed by atoms with E-state index in [1.165, 1.54) is 5.57 Å². The maximum absolute atomic E-state index is 13.6. The topological polar surface area (TPSA) is 89.3 Å². The number of carbonyl (C=O) groups is 1. The van der Waals surface area contributed by atoms with Crippen LogP contribution in [-0.2, 0) is 14.6 Å². The Kier molecular flexibility index (Phi) is 9.92. The van der Waals surface area contributed by atoms with Crippen molar-refractivity contribution < 1.29 is 13.2 Å². The van der Waals surface area contributed by atoms with E-state index >= 15 is 0 Å². The molecule has 1 aromatic carbocycles. The minimum absolute atomic E-state index is 0.00910. The lowest BCUT2D eigenvalue weighted by Gasteiger charge is -2.24. The second-order valence-electron chi connectivity index (χ2n) is 9.98. The molecule has 0 aromatic heterocycles. The lowest BCUT2D eigenvalue weighted by Crippen LogP contribution is -2.46. The van der Waals surface area contributed by atoms with Gasteiger partial charge in [-0.1, -0.05) is 77.5 Å². The zero-order valence-corrected chi connectivity index (χ0v) is 22.0. The van der Waals surface area contributed by atoms with Crippen molar-refractivity contribution in [2.45, 2.75) is 102 Å². The first-order chi connectivity index (χ1) is 15.5. The smallest absolute Gasteiger partial charge is 0.253 e. The van der Waals surface area contributed by atoms with Crippen LogP contribution in [0.15, 0.2) is 40.8 Å². The number of sulfone groups is 1. The SMILES string of the molecule is CC(C)c1cc(C(C)C)c(S(=O)(=O)C(N)C(=O)NCCCCC2=CCC=CC2)c(C(C)C)c1. The Morgan fingerprint density at radius 3 is 2.06 bits per heavy atom. The van der Waals surface area contributed by atoms with Crippen LogP contribution < -0.4 is 11.1 Å². The average molecular weight is 475 g/mol. The largest absolute Gasteiger partial charge is 0.354 e. The number of allylic oxidation sites excluding steroid dienone is 4. The van der Waals surface area contributed by atoms with Crippen molar-refractivity contribution in [3.63, 3.8) is 0 Å². The van der Waals surface area contributed by atoms with E-state index in [-0.39, 0.29) is 22.6 Å². The fourth-order valence-corrected chi connectivity index (χ4v) is 5.99. The monoisotopic (exact) mass is 474 g/mol. The van der Waals surface area contributed by atoms with Gasteiger partial charge in [0.2, 0.25) is 9.84 Å². The number of nitrogens with one attached hydrogen (secondary N) is 1. The molecule has 184 valence electrons. The molecule has 0 saturated heterocycles. The Morgan fingerprint density at radius 2 is 1.58 bits per heavy atom. The summed E-state index contributed by atoms with van der Waals surface area (Å²) >= 11 is 0. The van der Waals surface area contributed by atoms with Crippen molar-refractivity contribution in [1.29, 1.82) is 0 Å². The first-order valence-electron chi connectivity index (χ1n) is 12.2. The highest BCUT2D eigenvalue weighted by molar-refractivity contribution is 7.92. The van der Waals surface area contributed by atoms with Crippen molar-refractivity contribution >= 4 is 15.7 Å². The van der Waals surface area contributed by atoms with E-state index in [2.05, 4.69) is 37.4 Å². The standard InChI is InChI=1S/C27H42N2O3S/c1-18(2)22-16-23(19(3)4)25(24(17-22)20(5)6)33(31,32)26(28)27(30)29-15-11-10-14-21-12-8-7-9-13-21/h7-8,13,16-20,26H,9-12,14-15,28H2,1-6H3,(H,29,30). The van der Waals surface area contributed by atoms with Gasteiger partial charge in [0.05, 0.1) is 4.90 Å². The Morgan fingerprint density at radius 1 is 0.970 bits per heavy atom. The molecule has 0 bridgehead atoms. The predicted molar refractivity (Wildman–Crippen MR) is 137 cm³/mol. The van der Waals surface area contributed by atoms with E-state index in [1.807, 2.05) is 39.8 Å². The van der Waals surface area contributed by atoms with Crippen LogP contribution in [-0.4, -0.2) is 26.2 Å². The van der Waals surface area contributed by atoms with Gasteiger partial charge in [-0.15, -0.1) is 0 Å². The zero-order valence-electron chi connectivity index (χ0n) is 21.1. The van der Waals surface area contributed by atoms with Crippen LogP contribution in [0.1, 0.15) is 108 Å². The van der Waals surface area contributed by atoms with Gasteiger partial charge in [-0.3, -0.25) is 4.79 Å². The fraction of sp³-hybridized carbons (Fsp3) is 0.593. The van der Waals surface area contributed by atoms with E-state index in [9.17, 15) is 13.2 Å². The number of benzene rings is 1. The molecule has 1 aromatic rings. The molecule has 0 aliphatic heterocycles. The van der Waals surface area contributed by atoms with Crippen molar-refractivity contribution in [1.82, 2.24) is 5.32 Å². The summed E-state index contributed by atoms with van der Waals surface area (Å²) in [6, 6.07) is 3.93. The molecule has 0 radical (unpaired) electrons. The third kappa shape index (κ3) is 7.03. The fourth-order valence-electron chi connectivity index (χ4n) is 4.13. The van der Waals surface area contributed by atoms with Gasteiger partial charge >= 0.3 is 0 Å². The first kappa shape index (κ1) is 27.3. The lowest BCUT2D eigenvalue weighted by molar-refractivity contribution is -0.120. The minimum atomic E-state index is -4.04. The highest BCUT2D eigenvalue weighted by Crippen LogP contribution is 2.36. The number of hydrogen-bond donors (Lipinski definition) is 2. The molecule has 2 rings (SSSR count). The number of hydrogen-bond acceptors (Lipinski definition) is 4. The van der Waals surface area contributed by atoms with Crippen LogP contribution in [0.2, 0.25) is 0 Å². The Labute approximate surface area is 200 Å². The molecule has 0 saturated carbocycles. The molecule has 6 heteroatoms. The Bertz CT molecular complexity index is 960. The van der Waals surface area contributed by atoms with E-state index in [0.717, 1.165) is 48.8 Å². The van der Waals surface area contributed by atoms with Crippen molar-refractivity contribution in [2.75, 3.05) is 6.54 Å². The van der Waals surface area contributed by atoms with Gasteiger partial charge in [-0.05, 0) is 66.5 Å². The normalized spacial score (nSPS) is 15.3. The van der Waals surface area contributed by atoms with Crippen LogP contribution in [0.4, 0.5) is 0 Å². The summed E-state index contributed by atoms with van der Waals surface area (Å²) in [5, 5.41) is 1.12. The number of amides is 1. The number of nitrogens with two attached hydrogens (primary N) is 1. The molecule has 0 fully saturated rings. The summed E-state index contributed by atoms with van der Waals surface area (Å²) in [7, 11) is -4.04. The van der Waals surface area contributed by atoms with Crippen molar-refractivity contribution in [3.8, 4) is 0 Å². The predicted octanol–water partition coefficient (Wildman–Crippen LogP) is 5.68. The average Bonchev–Trinajstić information content (AvgIpc) is 2.77. The molecular weight excluding hydrogens is 432 g/mol. The second kappa shape index (κ2) is 12.0. The van der Waals surface area contributed by atoms with Gasteiger partial charge in [0.15, 0.2) is 5.37 Å². The molecule has 1 aliphatic carbocycles. The number of carbonyl (C=O) groups excluding carboxylic acids is 1. The third-order valence-corrected chi connectivity index (χ3v) is 8.19. The quantitative estimate of drug-likeness (QED) is 0.319. The molecule has 33 heavy (non-hydrogen) atoms. The summed E-state index contributed by atoms with van der Waals surface area (Å²) in [6.45, 7) is 12.5. The van der Waals surface area contributed by atoms with Crippen LogP contribution in [0.5, 0.6) is 0 Å². The third-order valence-electron chi connectivity index (χ3n) is 6.27. The molecule has 0 heterocycles. The van der Waals surface area contributed by atoms with Crippen LogP contribution in [0.25, 0.3) is 0 Å². The zero-order chi connectivity index (χ0) is 24.8. The van der Waals surface area contributed by atoms with Crippen molar-refractivity contribution in [2.24, 2.45) is 5.73 Å². The van der Waals surface area contributed by atoms with Gasteiger partial charge < -0.3 is 11.1 Å². The highest BCUT2D eigenvalue weighted by atomic mass is 32.2. The molecule has 5 nitrogen and oxygen atoms in total. The molecule has 0 spiro atoms. The van der Waals surface area contributed by atoms with Gasteiger partial charge in [0, 0.05) is 6.54 Å². The summed E-state index contributed by atoms with van der Waals surface area (Å²) in [5.41, 5.74) is 10.1. The summed E-state index contributed by atoms with van der Waals surface area (Å²) < 4.78 is 27.2. The Balaban J connectivity index is 2.16. The summed E-state index contributed by atoms with van der Waals surface area (Å²) in [5.74, 6) is -0.378. The molecule has 1 aliphatic rings. The lowest BCUT2D eigenvalue weighted by atomic mass is 9.89. The molecular formula is C27H42N2O3S. The summed E-state index contributed by atoms with van der Waals surface area (Å²) in [6.07, 6.45) is 11.3. The minimum Gasteiger partial charge on any atom is -0.354 e. The van der Waals surface area contributed by atoms with Crippen LogP contribution in [0, 0.1) is 0 Å². The Hall–Kier alpha value is -1.92. The molecule has 1 unspecified atom stereocenters. The van der Waals surface area contributed by atoms with Crippen LogP contribution in [0.3, 0.4) is 0 Å². The molecule has 1 amide bonds. The first-order valence-corrected chi connectivity index (χ1v) is 13.8. The highest BCUT2D eigenvalue weighted by Gasteiger charge is 2.35. The van der Waals surface area contributed by atoms with E-state index in [1.54, 1.807) is 0 Å². The van der Waals surface area contributed by atoms with E-state index in [4.69, 9.17) is 5.73 Å². The molecule has 1 atom stereocenters. The number of unbranched alkanes of at least 4 members (excludes halogenated alkanes) is 1. The van der Waals surface area contributed by atoms with Crippen molar-refractivity contribution in [3.05, 3.63) is 52.6 Å². The van der Waals surface area contributed by atoms with E-state index in [0.29, 0.717) is 6.54 Å². The van der Waals surface area contributed by atoms with Gasteiger partial charge in [-0.25, -0.2) is 8.42 Å². The van der Waals surface area contributed by atoms with Gasteiger partial charge in [0.1, 0.15) is 0 Å². The van der Waals surface area contributed by atoms with Gasteiger partial charge in [-0.2, -0.15) is 0 Å². The summed E-state index contributed by atoms with van der Waals surface area (Å²) in [4.78, 5) is 13.0. The maximum Gasteiger partial charge on any atom is 0.253 e. The molecule has 3 N–H and O–H groups in total. The van der Waals surface area contributed by atoms with Crippen LogP contribution >= 0.6 is 0 Å².